The minimum Gasteiger partial charge on any atom is -0.496 e. The molecule has 176 valence electrons. The third-order valence-electron chi connectivity index (χ3n) is 5.83. The largest absolute Gasteiger partial charge is 0.496 e. The number of anilines is 2. The molecule has 3 aromatic rings. The lowest BCUT2D eigenvalue weighted by atomic mass is 9.87. The Balaban J connectivity index is 0.00000149. The van der Waals surface area contributed by atoms with Crippen molar-refractivity contribution in [3.05, 3.63) is 53.1 Å². The SMILES string of the molecule is CN.COc1cc2ncnc(Nc3cccc(Cl)c3F)c2cc1CN(C)C1(CC=O)CNC1. The van der Waals surface area contributed by atoms with Crippen LogP contribution in [0.4, 0.5) is 15.9 Å². The highest BCUT2D eigenvalue weighted by atomic mass is 35.5. The van der Waals surface area contributed by atoms with Crippen molar-refractivity contribution in [3.8, 4) is 5.75 Å². The molecule has 4 N–H and O–H groups in total. The number of aldehydes is 1. The quantitative estimate of drug-likeness (QED) is 0.428. The molecule has 10 heteroatoms. The molecule has 0 aliphatic carbocycles. The normalized spacial score (nSPS) is 14.3. The molecule has 0 amide bonds. The van der Waals surface area contributed by atoms with E-state index in [0.717, 1.165) is 30.3 Å². The predicted octanol–water partition coefficient (Wildman–Crippen LogP) is 3.11. The molecule has 2 heterocycles. The maximum Gasteiger partial charge on any atom is 0.165 e. The summed E-state index contributed by atoms with van der Waals surface area (Å²) in [5, 5.41) is 7.03. The van der Waals surface area contributed by atoms with Gasteiger partial charge in [0.2, 0.25) is 0 Å². The smallest absolute Gasteiger partial charge is 0.165 e. The van der Waals surface area contributed by atoms with E-state index in [9.17, 15) is 9.18 Å². The van der Waals surface area contributed by atoms with E-state index in [-0.39, 0.29) is 16.2 Å². The van der Waals surface area contributed by atoms with Crippen molar-refractivity contribution in [1.82, 2.24) is 20.2 Å². The summed E-state index contributed by atoms with van der Waals surface area (Å²) in [6.45, 7) is 2.07. The van der Waals surface area contributed by atoms with Crippen LogP contribution >= 0.6 is 11.6 Å². The molecule has 2 aromatic carbocycles. The van der Waals surface area contributed by atoms with Crippen LogP contribution in [-0.4, -0.2) is 61.0 Å². The van der Waals surface area contributed by atoms with Gasteiger partial charge in [0, 0.05) is 43.1 Å². The highest BCUT2D eigenvalue weighted by Crippen LogP contribution is 2.33. The summed E-state index contributed by atoms with van der Waals surface area (Å²) in [7, 11) is 5.11. The molecule has 0 unspecified atom stereocenters. The Kier molecular flexibility index (Phi) is 8.15. The van der Waals surface area contributed by atoms with Crippen molar-refractivity contribution >= 4 is 40.3 Å². The van der Waals surface area contributed by atoms with E-state index in [4.69, 9.17) is 16.3 Å². The van der Waals surface area contributed by atoms with Crippen LogP contribution in [0.1, 0.15) is 12.0 Å². The number of benzene rings is 2. The maximum absolute atomic E-state index is 14.4. The average molecular weight is 475 g/mol. The molecule has 0 atom stereocenters. The molecule has 0 bridgehead atoms. The number of fused-ring (bicyclic) bond motifs is 1. The number of hydrogen-bond donors (Lipinski definition) is 3. The van der Waals surface area contributed by atoms with Crippen molar-refractivity contribution in [2.45, 2.75) is 18.5 Å². The van der Waals surface area contributed by atoms with E-state index < -0.39 is 5.82 Å². The lowest BCUT2D eigenvalue weighted by molar-refractivity contribution is -0.111. The van der Waals surface area contributed by atoms with Crippen LogP contribution < -0.4 is 21.1 Å². The lowest BCUT2D eigenvalue weighted by Gasteiger charge is -2.48. The van der Waals surface area contributed by atoms with E-state index in [1.165, 1.54) is 19.4 Å². The van der Waals surface area contributed by atoms with Gasteiger partial charge in [-0.25, -0.2) is 14.4 Å². The van der Waals surface area contributed by atoms with Gasteiger partial charge >= 0.3 is 0 Å². The predicted molar refractivity (Wildman–Crippen MR) is 129 cm³/mol. The standard InChI is InChI=1S/C22H23ClFN5O2.CH5N/c1-29(22(6-7-30)11-25-12-22)10-14-8-15-18(9-19(14)31-2)26-13-27-21(15)28-17-5-3-4-16(23)20(17)24;1-2/h3-5,7-9,13,25H,6,10-12H2,1-2H3,(H,26,27,28);2H2,1H3. The Bertz CT molecular complexity index is 1130. The van der Waals surface area contributed by atoms with Gasteiger partial charge in [0.05, 0.1) is 28.9 Å². The molecule has 4 rings (SSSR count). The van der Waals surface area contributed by atoms with Gasteiger partial charge in [0.15, 0.2) is 5.82 Å². The minimum atomic E-state index is -0.544. The number of halogens is 2. The van der Waals surface area contributed by atoms with Crippen LogP contribution in [0.25, 0.3) is 10.9 Å². The van der Waals surface area contributed by atoms with Crippen molar-refractivity contribution in [1.29, 1.82) is 0 Å². The Morgan fingerprint density at radius 3 is 2.73 bits per heavy atom. The van der Waals surface area contributed by atoms with Crippen LogP contribution in [0, 0.1) is 5.82 Å². The van der Waals surface area contributed by atoms with Gasteiger partial charge in [0.1, 0.15) is 24.2 Å². The lowest BCUT2D eigenvalue weighted by Crippen LogP contribution is -2.67. The molecule has 0 saturated carbocycles. The van der Waals surface area contributed by atoms with Gasteiger partial charge in [-0.3, -0.25) is 4.90 Å². The van der Waals surface area contributed by atoms with Gasteiger partial charge < -0.3 is 25.9 Å². The number of hydrogen-bond acceptors (Lipinski definition) is 8. The highest BCUT2D eigenvalue weighted by Gasteiger charge is 2.40. The third-order valence-corrected chi connectivity index (χ3v) is 6.12. The zero-order valence-corrected chi connectivity index (χ0v) is 19.6. The van der Waals surface area contributed by atoms with Gasteiger partial charge in [-0.2, -0.15) is 0 Å². The number of aromatic nitrogens is 2. The highest BCUT2D eigenvalue weighted by molar-refractivity contribution is 6.31. The van der Waals surface area contributed by atoms with Gasteiger partial charge in [0.25, 0.3) is 0 Å². The summed E-state index contributed by atoms with van der Waals surface area (Å²) in [5.41, 5.74) is 6.10. The first-order valence-corrected chi connectivity index (χ1v) is 10.8. The zero-order chi connectivity index (χ0) is 24.0. The molecular formula is C23H28ClFN6O2. The van der Waals surface area contributed by atoms with Crippen molar-refractivity contribution < 1.29 is 13.9 Å². The number of nitrogens with zero attached hydrogens (tertiary/aromatic N) is 3. The Morgan fingerprint density at radius 1 is 1.33 bits per heavy atom. The fourth-order valence-corrected chi connectivity index (χ4v) is 4.01. The minimum absolute atomic E-state index is 0.0296. The first kappa shape index (κ1) is 24.8. The average Bonchev–Trinajstić information content (AvgIpc) is 2.80. The number of carbonyl (C=O) groups is 1. The van der Waals surface area contributed by atoms with E-state index in [2.05, 4.69) is 31.2 Å². The number of nitrogens with one attached hydrogen (secondary N) is 2. The summed E-state index contributed by atoms with van der Waals surface area (Å²) >= 11 is 5.91. The third kappa shape index (κ3) is 5.06. The first-order valence-electron chi connectivity index (χ1n) is 10.4. The van der Waals surface area contributed by atoms with Crippen LogP contribution in [0.15, 0.2) is 36.7 Å². The Morgan fingerprint density at radius 2 is 2.09 bits per heavy atom. The molecule has 0 radical (unpaired) electrons. The molecule has 1 saturated heterocycles. The second-order valence-electron chi connectivity index (χ2n) is 7.68. The fourth-order valence-electron chi connectivity index (χ4n) is 3.83. The first-order chi connectivity index (χ1) is 16.0. The number of carbonyl (C=O) groups excluding carboxylic acids is 1. The van der Waals surface area contributed by atoms with Crippen LogP contribution in [0.5, 0.6) is 5.75 Å². The Hall–Kier alpha value is -2.85. The van der Waals surface area contributed by atoms with E-state index in [1.54, 1.807) is 19.2 Å². The van der Waals surface area contributed by atoms with Crippen LogP contribution in [0.2, 0.25) is 5.02 Å². The van der Waals surface area contributed by atoms with Crippen LogP contribution in [0.3, 0.4) is 0 Å². The Labute approximate surface area is 197 Å². The summed E-state index contributed by atoms with van der Waals surface area (Å²) in [5.74, 6) is 0.606. The number of methoxy groups -OCH3 is 1. The van der Waals surface area contributed by atoms with Gasteiger partial charge in [-0.1, -0.05) is 17.7 Å². The molecule has 1 fully saturated rings. The van der Waals surface area contributed by atoms with E-state index in [1.807, 2.05) is 19.2 Å². The van der Waals surface area contributed by atoms with Crippen molar-refractivity contribution in [2.24, 2.45) is 5.73 Å². The number of nitrogens with two attached hydrogens (primary N) is 1. The summed E-state index contributed by atoms with van der Waals surface area (Å²) in [6.07, 6.45) is 2.83. The van der Waals surface area contributed by atoms with Gasteiger partial charge in [-0.15, -0.1) is 0 Å². The monoisotopic (exact) mass is 474 g/mol. The molecule has 1 aliphatic heterocycles. The summed E-state index contributed by atoms with van der Waals surface area (Å²) in [4.78, 5) is 22.0. The molecular weight excluding hydrogens is 447 g/mol. The van der Waals surface area contributed by atoms with E-state index >= 15 is 0 Å². The molecule has 0 spiro atoms. The van der Waals surface area contributed by atoms with E-state index in [0.29, 0.717) is 30.0 Å². The molecule has 33 heavy (non-hydrogen) atoms. The number of rotatable bonds is 8. The summed E-state index contributed by atoms with van der Waals surface area (Å²) < 4.78 is 20.0. The molecule has 8 nitrogen and oxygen atoms in total. The van der Waals surface area contributed by atoms with Crippen LogP contribution in [-0.2, 0) is 11.3 Å². The van der Waals surface area contributed by atoms with Crippen molar-refractivity contribution in [3.63, 3.8) is 0 Å². The van der Waals surface area contributed by atoms with Gasteiger partial charge in [-0.05, 0) is 32.3 Å². The number of ether oxygens (including phenoxy) is 1. The second kappa shape index (κ2) is 10.8. The van der Waals surface area contributed by atoms with Crippen molar-refractivity contribution in [2.75, 3.05) is 39.6 Å². The topological polar surface area (TPSA) is 105 Å². The second-order valence-corrected chi connectivity index (χ2v) is 8.09. The maximum atomic E-state index is 14.4. The molecule has 1 aromatic heterocycles. The molecule has 1 aliphatic rings. The number of likely N-dealkylation sites (N-methyl/N-ethyl adjacent to an activating group) is 1. The fraction of sp³-hybridized carbons (Fsp3) is 0.348. The zero-order valence-electron chi connectivity index (χ0n) is 18.9. The summed E-state index contributed by atoms with van der Waals surface area (Å²) in [6, 6.07) is 8.53.